The molecule has 0 saturated heterocycles. The van der Waals surface area contributed by atoms with Crippen LogP contribution in [0.15, 0.2) is 72.8 Å². The highest BCUT2D eigenvalue weighted by Crippen LogP contribution is 2.29. The SMILES string of the molecule is Cc1ccc(-c2ccc(N)cc2)cc1-c1ccccc1. The van der Waals surface area contributed by atoms with Gasteiger partial charge in [0.05, 0.1) is 0 Å². The molecule has 0 fully saturated rings. The van der Waals surface area contributed by atoms with Crippen LogP contribution < -0.4 is 5.73 Å². The van der Waals surface area contributed by atoms with E-state index < -0.39 is 0 Å². The van der Waals surface area contributed by atoms with Gasteiger partial charge in [-0.25, -0.2) is 0 Å². The molecule has 3 aromatic carbocycles. The minimum atomic E-state index is 0.796. The van der Waals surface area contributed by atoms with Crippen molar-refractivity contribution in [2.75, 3.05) is 5.73 Å². The standard InChI is InChI=1S/C19H17N/c1-14-7-8-17(15-9-11-18(20)12-10-15)13-19(14)16-5-3-2-4-6-16/h2-13H,20H2,1H3. The molecule has 0 saturated carbocycles. The van der Waals surface area contributed by atoms with Crippen LogP contribution in [0.25, 0.3) is 22.3 Å². The lowest BCUT2D eigenvalue weighted by atomic mass is 9.95. The summed E-state index contributed by atoms with van der Waals surface area (Å²) in [7, 11) is 0. The van der Waals surface area contributed by atoms with E-state index in [1.54, 1.807) is 0 Å². The lowest BCUT2D eigenvalue weighted by Gasteiger charge is -2.10. The lowest BCUT2D eigenvalue weighted by Crippen LogP contribution is -1.87. The van der Waals surface area contributed by atoms with Crippen LogP contribution in [0.1, 0.15) is 5.56 Å². The highest BCUT2D eigenvalue weighted by Gasteiger charge is 2.04. The lowest BCUT2D eigenvalue weighted by molar-refractivity contribution is 1.45. The van der Waals surface area contributed by atoms with Gasteiger partial charge in [0.15, 0.2) is 0 Å². The van der Waals surface area contributed by atoms with E-state index in [9.17, 15) is 0 Å². The zero-order chi connectivity index (χ0) is 13.9. The summed E-state index contributed by atoms with van der Waals surface area (Å²) in [6.45, 7) is 2.15. The maximum atomic E-state index is 5.75. The molecule has 0 radical (unpaired) electrons. The highest BCUT2D eigenvalue weighted by molar-refractivity contribution is 5.75. The Hall–Kier alpha value is -2.54. The van der Waals surface area contributed by atoms with Crippen LogP contribution in [0.5, 0.6) is 0 Å². The summed E-state index contributed by atoms with van der Waals surface area (Å²) in [5.74, 6) is 0. The Bertz CT molecular complexity index is 713. The van der Waals surface area contributed by atoms with Gasteiger partial charge in [-0.3, -0.25) is 0 Å². The fraction of sp³-hybridized carbons (Fsp3) is 0.0526. The molecule has 98 valence electrons. The first-order valence-electron chi connectivity index (χ1n) is 6.76. The maximum absolute atomic E-state index is 5.75. The first-order valence-corrected chi connectivity index (χ1v) is 6.76. The quantitative estimate of drug-likeness (QED) is 0.650. The van der Waals surface area contributed by atoms with Crippen molar-refractivity contribution in [2.24, 2.45) is 0 Å². The first-order chi connectivity index (χ1) is 9.74. The average molecular weight is 259 g/mol. The van der Waals surface area contributed by atoms with Gasteiger partial charge in [-0.15, -0.1) is 0 Å². The van der Waals surface area contributed by atoms with Gasteiger partial charge in [0.2, 0.25) is 0 Å². The topological polar surface area (TPSA) is 26.0 Å². The number of hydrogen-bond acceptors (Lipinski definition) is 1. The molecule has 0 bridgehead atoms. The monoisotopic (exact) mass is 259 g/mol. The summed E-state index contributed by atoms with van der Waals surface area (Å²) >= 11 is 0. The number of nitrogens with two attached hydrogens (primary N) is 1. The molecule has 3 aromatic rings. The average Bonchev–Trinajstić information content (AvgIpc) is 2.50. The van der Waals surface area contributed by atoms with Crippen molar-refractivity contribution < 1.29 is 0 Å². The van der Waals surface area contributed by atoms with Crippen LogP contribution in [-0.2, 0) is 0 Å². The third kappa shape index (κ3) is 2.43. The summed E-state index contributed by atoms with van der Waals surface area (Å²) in [5.41, 5.74) is 12.8. The Morgan fingerprint density at radius 2 is 1.30 bits per heavy atom. The molecule has 0 atom stereocenters. The van der Waals surface area contributed by atoms with Crippen LogP contribution in [0.3, 0.4) is 0 Å². The third-order valence-corrected chi connectivity index (χ3v) is 3.57. The second-order valence-electron chi connectivity index (χ2n) is 5.02. The van der Waals surface area contributed by atoms with Crippen LogP contribution in [0, 0.1) is 6.92 Å². The Morgan fingerprint density at radius 3 is 2.00 bits per heavy atom. The van der Waals surface area contributed by atoms with Gasteiger partial charge in [0.1, 0.15) is 0 Å². The molecule has 0 aliphatic carbocycles. The molecule has 0 aliphatic rings. The Morgan fingerprint density at radius 1 is 0.650 bits per heavy atom. The molecule has 0 spiro atoms. The molecule has 0 heterocycles. The number of benzene rings is 3. The van der Waals surface area contributed by atoms with Gasteiger partial charge in [-0.05, 0) is 52.9 Å². The molecule has 20 heavy (non-hydrogen) atoms. The van der Waals surface area contributed by atoms with E-state index in [0.717, 1.165) is 5.69 Å². The van der Waals surface area contributed by atoms with Crippen LogP contribution in [0.2, 0.25) is 0 Å². The van der Waals surface area contributed by atoms with E-state index in [1.807, 2.05) is 18.2 Å². The van der Waals surface area contributed by atoms with Crippen LogP contribution in [0.4, 0.5) is 5.69 Å². The number of rotatable bonds is 2. The molecule has 0 amide bonds. The van der Waals surface area contributed by atoms with Gasteiger partial charge in [-0.1, -0.05) is 54.6 Å². The van der Waals surface area contributed by atoms with E-state index in [1.165, 1.54) is 27.8 Å². The van der Waals surface area contributed by atoms with Gasteiger partial charge < -0.3 is 5.73 Å². The second kappa shape index (κ2) is 5.22. The zero-order valence-corrected chi connectivity index (χ0v) is 11.5. The molecular weight excluding hydrogens is 242 g/mol. The number of hydrogen-bond donors (Lipinski definition) is 1. The van der Waals surface area contributed by atoms with E-state index in [0.29, 0.717) is 0 Å². The Balaban J connectivity index is 2.09. The summed E-state index contributed by atoms with van der Waals surface area (Å²) in [6, 6.07) is 25.1. The predicted molar refractivity (Wildman–Crippen MR) is 86.5 cm³/mol. The largest absolute Gasteiger partial charge is 0.399 e. The molecule has 0 aromatic heterocycles. The van der Waals surface area contributed by atoms with Gasteiger partial charge in [-0.2, -0.15) is 0 Å². The van der Waals surface area contributed by atoms with Crippen molar-refractivity contribution in [2.45, 2.75) is 6.92 Å². The van der Waals surface area contributed by atoms with Crippen LogP contribution in [-0.4, -0.2) is 0 Å². The molecule has 0 unspecified atom stereocenters. The van der Waals surface area contributed by atoms with E-state index in [2.05, 4.69) is 61.5 Å². The number of nitrogen functional groups attached to an aromatic ring is 1. The number of anilines is 1. The van der Waals surface area contributed by atoms with E-state index >= 15 is 0 Å². The van der Waals surface area contributed by atoms with E-state index in [4.69, 9.17) is 5.73 Å². The fourth-order valence-corrected chi connectivity index (χ4v) is 2.41. The molecule has 3 rings (SSSR count). The smallest absolute Gasteiger partial charge is 0.0314 e. The van der Waals surface area contributed by atoms with Crippen molar-refractivity contribution in [3.8, 4) is 22.3 Å². The molecule has 1 heteroatoms. The second-order valence-corrected chi connectivity index (χ2v) is 5.02. The first kappa shape index (κ1) is 12.5. The Kier molecular flexibility index (Phi) is 3.26. The summed E-state index contributed by atoms with van der Waals surface area (Å²) < 4.78 is 0. The minimum absolute atomic E-state index is 0.796. The molecule has 2 N–H and O–H groups in total. The summed E-state index contributed by atoms with van der Waals surface area (Å²) in [6.07, 6.45) is 0. The summed E-state index contributed by atoms with van der Waals surface area (Å²) in [4.78, 5) is 0. The van der Waals surface area contributed by atoms with Crippen molar-refractivity contribution in [3.63, 3.8) is 0 Å². The molecule has 0 aliphatic heterocycles. The van der Waals surface area contributed by atoms with Crippen LogP contribution >= 0.6 is 0 Å². The minimum Gasteiger partial charge on any atom is -0.399 e. The molecule has 1 nitrogen and oxygen atoms in total. The van der Waals surface area contributed by atoms with Gasteiger partial charge in [0, 0.05) is 5.69 Å². The van der Waals surface area contributed by atoms with Crippen molar-refractivity contribution >= 4 is 5.69 Å². The number of aryl methyl sites for hydroxylation is 1. The Labute approximate surface area is 119 Å². The van der Waals surface area contributed by atoms with Crippen molar-refractivity contribution in [3.05, 3.63) is 78.4 Å². The zero-order valence-electron chi connectivity index (χ0n) is 11.5. The predicted octanol–water partition coefficient (Wildman–Crippen LogP) is 4.91. The summed E-state index contributed by atoms with van der Waals surface area (Å²) in [5, 5.41) is 0. The van der Waals surface area contributed by atoms with E-state index in [-0.39, 0.29) is 0 Å². The van der Waals surface area contributed by atoms with Gasteiger partial charge >= 0.3 is 0 Å². The highest BCUT2D eigenvalue weighted by atomic mass is 14.5. The van der Waals surface area contributed by atoms with Crippen molar-refractivity contribution in [1.29, 1.82) is 0 Å². The van der Waals surface area contributed by atoms with Gasteiger partial charge in [0.25, 0.3) is 0 Å². The fourth-order valence-electron chi connectivity index (χ4n) is 2.41. The maximum Gasteiger partial charge on any atom is 0.0314 e. The third-order valence-electron chi connectivity index (χ3n) is 3.57. The normalized spacial score (nSPS) is 10.4. The molecular formula is C19H17N. The van der Waals surface area contributed by atoms with Crippen molar-refractivity contribution in [1.82, 2.24) is 0 Å².